The van der Waals surface area contributed by atoms with Gasteiger partial charge in [-0.25, -0.2) is 4.79 Å². The highest BCUT2D eigenvalue weighted by Crippen LogP contribution is 2.42. The smallest absolute Gasteiger partial charge is 0.410 e. The summed E-state index contributed by atoms with van der Waals surface area (Å²) in [6.45, 7) is 3.65. The number of unbranched alkanes of at least 4 members (excludes halogenated alkanes) is 1. The molecule has 206 valence electrons. The summed E-state index contributed by atoms with van der Waals surface area (Å²) in [5.41, 5.74) is 0. The summed E-state index contributed by atoms with van der Waals surface area (Å²) in [5, 5.41) is -5.88. The second-order valence-corrected chi connectivity index (χ2v) is 8.67. The Morgan fingerprint density at radius 2 is 1.46 bits per heavy atom. The lowest BCUT2D eigenvalue weighted by Gasteiger charge is -2.37. The molecule has 17 heteroatoms. The fraction of sp³-hybridized carbons (Fsp3) is 0.778. The van der Waals surface area contributed by atoms with Crippen molar-refractivity contribution in [3.05, 3.63) is 12.4 Å². The first-order valence-electron chi connectivity index (χ1n) is 10.0. The maximum atomic E-state index is 14.0. The van der Waals surface area contributed by atoms with Gasteiger partial charge in [0.2, 0.25) is 5.83 Å². The van der Waals surface area contributed by atoms with Gasteiger partial charge in [0.15, 0.2) is 0 Å². The van der Waals surface area contributed by atoms with Gasteiger partial charge in [-0.1, -0.05) is 20.4 Å². The molecule has 1 amide bonds. The summed E-state index contributed by atoms with van der Waals surface area (Å²) in [4.78, 5) is 24.9. The highest BCUT2D eigenvalue weighted by Gasteiger charge is 2.68. The Labute approximate surface area is 196 Å². The predicted molar refractivity (Wildman–Crippen MR) is 104 cm³/mol. The van der Waals surface area contributed by atoms with E-state index in [0.29, 0.717) is 4.90 Å². The van der Waals surface area contributed by atoms with Crippen LogP contribution >= 0.6 is 0 Å². The van der Waals surface area contributed by atoms with E-state index in [2.05, 4.69) is 16.1 Å². The summed E-state index contributed by atoms with van der Waals surface area (Å²) in [7, 11) is -6.51. The molecular weight excluding hydrogens is 526 g/mol. The van der Waals surface area contributed by atoms with Gasteiger partial charge < -0.3 is 14.4 Å². The van der Waals surface area contributed by atoms with Gasteiger partial charge in [-0.2, -0.15) is 43.5 Å². The lowest BCUT2D eigenvalue weighted by atomic mass is 10.1. The van der Waals surface area contributed by atoms with Crippen LogP contribution in [0, 0.1) is 0 Å². The molecule has 35 heavy (non-hydrogen) atoms. The highest BCUT2D eigenvalue weighted by molar-refractivity contribution is 7.87. The first kappa shape index (κ1) is 33.0. The number of hydrogen-bond acceptors (Lipinski definition) is 6. The number of amides is 1. The van der Waals surface area contributed by atoms with Crippen molar-refractivity contribution >= 4 is 22.0 Å². The van der Waals surface area contributed by atoms with Gasteiger partial charge in [0.05, 0.1) is 6.61 Å². The number of alkyl halides is 7. The second kappa shape index (κ2) is 12.3. The molecule has 0 bridgehead atoms. The quantitative estimate of drug-likeness (QED) is 0.0811. The van der Waals surface area contributed by atoms with Gasteiger partial charge in [-0.05, 0) is 25.7 Å². The number of ether oxygens (including phenoxy) is 2. The lowest BCUT2D eigenvalue weighted by molar-refractivity contribution is -0.350. The molecule has 0 saturated carbocycles. The molecule has 8 nitrogen and oxygen atoms in total. The van der Waals surface area contributed by atoms with Gasteiger partial charge in [-0.3, -0.25) is 9.35 Å². The maximum Gasteiger partial charge on any atom is 0.466 e. The Balaban J connectivity index is 5.86. The van der Waals surface area contributed by atoms with Crippen LogP contribution in [0.4, 0.5) is 35.1 Å². The van der Waals surface area contributed by atoms with Crippen molar-refractivity contribution in [1.29, 1.82) is 0 Å². The molecule has 1 unspecified atom stereocenters. The molecule has 0 radical (unpaired) electrons. The summed E-state index contributed by atoms with van der Waals surface area (Å²) in [6.07, 6.45) is -9.41. The molecule has 0 rings (SSSR count). The minimum atomic E-state index is -6.51. The molecule has 0 spiro atoms. The van der Waals surface area contributed by atoms with E-state index in [0.717, 1.165) is 0 Å². The van der Waals surface area contributed by atoms with E-state index < -0.39 is 76.8 Å². The Kier molecular flexibility index (Phi) is 11.6. The summed E-state index contributed by atoms with van der Waals surface area (Å²) in [6, 6.07) is 0. The zero-order valence-corrected chi connectivity index (χ0v) is 19.5. The Morgan fingerprint density at radius 1 is 0.971 bits per heavy atom. The fourth-order valence-corrected chi connectivity index (χ4v) is 3.12. The van der Waals surface area contributed by atoms with E-state index in [1.165, 1.54) is 13.8 Å². The Hall–Kier alpha value is -2.01. The van der Waals surface area contributed by atoms with Gasteiger partial charge in [0.1, 0.15) is 0 Å². The molecular formula is C18H25F8NO7S. The van der Waals surface area contributed by atoms with Gasteiger partial charge in [0.25, 0.3) is 0 Å². The first-order chi connectivity index (χ1) is 15.7. The van der Waals surface area contributed by atoms with E-state index >= 15 is 0 Å². The maximum absolute atomic E-state index is 14.0. The van der Waals surface area contributed by atoms with Gasteiger partial charge in [0, 0.05) is 19.5 Å². The third kappa shape index (κ3) is 7.99. The van der Waals surface area contributed by atoms with Crippen molar-refractivity contribution in [3.8, 4) is 0 Å². The average molecular weight is 551 g/mol. The topological polar surface area (TPSA) is 110 Å². The molecule has 1 N–H and O–H groups in total. The Morgan fingerprint density at radius 3 is 1.83 bits per heavy atom. The minimum absolute atomic E-state index is 0.153. The van der Waals surface area contributed by atoms with Crippen LogP contribution in [0.2, 0.25) is 0 Å². The normalized spacial score (nSPS) is 14.8. The number of hydrogen-bond donors (Lipinski definition) is 1. The van der Waals surface area contributed by atoms with Crippen LogP contribution in [0.3, 0.4) is 0 Å². The number of nitrogens with zero attached hydrogens (tertiary/aromatic N) is 1. The van der Waals surface area contributed by atoms with E-state index in [9.17, 15) is 53.1 Å². The van der Waals surface area contributed by atoms with E-state index in [4.69, 9.17) is 4.55 Å². The molecule has 0 aromatic heterocycles. The molecule has 0 aromatic carbocycles. The molecule has 0 aromatic rings. The lowest BCUT2D eigenvalue weighted by Crippen LogP contribution is -2.62. The molecule has 0 aliphatic carbocycles. The number of carbonyl (C=O) groups is 2. The highest BCUT2D eigenvalue weighted by atomic mass is 32.2. The van der Waals surface area contributed by atoms with Crippen molar-refractivity contribution in [2.24, 2.45) is 0 Å². The molecule has 1 atom stereocenters. The van der Waals surface area contributed by atoms with Crippen molar-refractivity contribution in [1.82, 2.24) is 4.90 Å². The number of rotatable bonds is 15. The van der Waals surface area contributed by atoms with Crippen LogP contribution in [0.25, 0.3) is 0 Å². The molecule has 0 aliphatic heterocycles. The average Bonchev–Trinajstić information content (AvgIpc) is 2.69. The second-order valence-electron chi connectivity index (χ2n) is 7.20. The summed E-state index contributed by atoms with van der Waals surface area (Å²) in [5.74, 6) is -16.0. The zero-order chi connectivity index (χ0) is 27.9. The SMILES string of the molecule is C=C(F)C(=O)OC(OCCCCC(F)(F)C(F)(F)S(=O)(=O)O)(C(=O)N(CCC)CCC)C(F)(F)F. The van der Waals surface area contributed by atoms with Crippen molar-refractivity contribution in [2.45, 2.75) is 69.1 Å². The van der Waals surface area contributed by atoms with E-state index in [1.54, 1.807) is 0 Å². The van der Waals surface area contributed by atoms with E-state index in [-0.39, 0.29) is 25.9 Å². The summed E-state index contributed by atoms with van der Waals surface area (Å²) < 4.78 is 146. The van der Waals surface area contributed by atoms with Gasteiger partial charge in [-0.15, -0.1) is 0 Å². The van der Waals surface area contributed by atoms with Crippen LogP contribution in [0.5, 0.6) is 0 Å². The largest absolute Gasteiger partial charge is 0.466 e. The van der Waals surface area contributed by atoms with Gasteiger partial charge >= 0.3 is 45.1 Å². The molecule has 0 aliphatic rings. The number of carbonyl (C=O) groups excluding carboxylic acids is 2. The van der Waals surface area contributed by atoms with Crippen LogP contribution in [-0.2, 0) is 29.2 Å². The third-order valence-electron chi connectivity index (χ3n) is 4.33. The van der Waals surface area contributed by atoms with Crippen molar-refractivity contribution < 1.29 is 67.2 Å². The number of esters is 1. The van der Waals surface area contributed by atoms with E-state index in [1.807, 2.05) is 0 Å². The zero-order valence-electron chi connectivity index (χ0n) is 18.6. The number of halogens is 8. The molecule has 0 saturated heterocycles. The summed E-state index contributed by atoms with van der Waals surface area (Å²) >= 11 is 0. The monoisotopic (exact) mass is 551 g/mol. The van der Waals surface area contributed by atoms with Crippen LogP contribution in [0.15, 0.2) is 12.4 Å². The predicted octanol–water partition coefficient (Wildman–Crippen LogP) is 4.22. The van der Waals surface area contributed by atoms with Crippen molar-refractivity contribution in [2.75, 3.05) is 19.7 Å². The molecule has 0 fully saturated rings. The standard InChI is InChI=1S/C18H25F8NO7S/c1-4-9-27(10-5-2)14(29)16(17(22,23)24,34-13(28)12(3)19)33-11-7-6-8-15(20,21)18(25,26)35(30,31)32/h3-11H2,1-2H3,(H,30,31,32). The fourth-order valence-electron chi connectivity index (χ4n) is 2.64. The Bertz CT molecular complexity index is 857. The van der Waals surface area contributed by atoms with Crippen LogP contribution in [0.1, 0.15) is 46.0 Å². The first-order valence-corrected chi connectivity index (χ1v) is 11.5. The minimum Gasteiger partial charge on any atom is -0.410 e. The molecule has 0 heterocycles. The van der Waals surface area contributed by atoms with Crippen LogP contribution in [-0.4, -0.2) is 72.6 Å². The van der Waals surface area contributed by atoms with Crippen molar-refractivity contribution in [3.63, 3.8) is 0 Å². The third-order valence-corrected chi connectivity index (χ3v) is 5.27. The van der Waals surface area contributed by atoms with Crippen LogP contribution < -0.4 is 0 Å².